The van der Waals surface area contributed by atoms with Gasteiger partial charge in [0.2, 0.25) is 5.95 Å². The molecule has 2 aliphatic rings. The van der Waals surface area contributed by atoms with Crippen LogP contribution in [0.3, 0.4) is 0 Å². The lowest BCUT2D eigenvalue weighted by molar-refractivity contribution is -0.0707. The number of hydrogen-bond donors (Lipinski definition) is 2. The summed E-state index contributed by atoms with van der Waals surface area (Å²) >= 11 is 0. The van der Waals surface area contributed by atoms with Gasteiger partial charge in [-0.1, -0.05) is 13.3 Å². The van der Waals surface area contributed by atoms with Gasteiger partial charge in [-0.15, -0.1) is 0 Å². The van der Waals surface area contributed by atoms with Crippen molar-refractivity contribution in [2.24, 2.45) is 0 Å². The second-order valence-electron chi connectivity index (χ2n) is 6.91. The van der Waals surface area contributed by atoms with E-state index in [9.17, 15) is 9.36 Å². The molecule has 3 N–H and O–H groups in total. The van der Waals surface area contributed by atoms with E-state index in [0.29, 0.717) is 6.42 Å². The number of phosphoric ester groups is 1. The molecule has 0 spiro atoms. The zero-order valence-corrected chi connectivity index (χ0v) is 16.2. The molecule has 2 saturated heterocycles. The predicted molar refractivity (Wildman–Crippen MR) is 95.3 cm³/mol. The van der Waals surface area contributed by atoms with Crippen molar-refractivity contribution in [1.29, 1.82) is 0 Å². The molecule has 0 radical (unpaired) electrons. The number of aromatic amines is 1. The Morgan fingerprint density at radius 3 is 3.11 bits per heavy atom. The molecule has 0 aliphatic carbocycles. The van der Waals surface area contributed by atoms with E-state index < -0.39 is 37.5 Å². The van der Waals surface area contributed by atoms with Crippen LogP contribution in [-0.2, 0) is 22.9 Å². The van der Waals surface area contributed by atoms with Crippen molar-refractivity contribution in [2.75, 3.05) is 18.9 Å². The summed E-state index contributed by atoms with van der Waals surface area (Å²) in [7, 11) is -3.90. The third kappa shape index (κ3) is 3.15. The molecule has 5 atom stereocenters. The van der Waals surface area contributed by atoms with E-state index in [-0.39, 0.29) is 30.3 Å². The molecule has 2 fully saturated rings. The lowest BCUT2D eigenvalue weighted by Gasteiger charge is -2.33. The van der Waals surface area contributed by atoms with Crippen molar-refractivity contribution in [2.45, 2.75) is 50.8 Å². The fraction of sp³-hybridized carbons (Fsp3) is 0.667. The van der Waals surface area contributed by atoms with Crippen molar-refractivity contribution in [3.05, 3.63) is 16.7 Å². The van der Waals surface area contributed by atoms with Crippen LogP contribution in [0.4, 0.5) is 10.3 Å². The molecular formula is C15H21FN5O6P. The van der Waals surface area contributed by atoms with Crippen LogP contribution in [0.25, 0.3) is 11.2 Å². The van der Waals surface area contributed by atoms with Gasteiger partial charge in [-0.3, -0.25) is 27.9 Å². The Balaban J connectivity index is 1.64. The van der Waals surface area contributed by atoms with E-state index in [1.165, 1.54) is 17.8 Å². The zero-order chi connectivity index (χ0) is 20.1. The molecule has 13 heteroatoms. The molecule has 154 valence electrons. The van der Waals surface area contributed by atoms with E-state index in [4.69, 9.17) is 24.0 Å². The highest BCUT2D eigenvalue weighted by atomic mass is 31.2. The number of nitrogens with two attached hydrogens (primary N) is 1. The number of H-pyrrole nitrogens is 1. The van der Waals surface area contributed by atoms with Crippen molar-refractivity contribution < 1.29 is 27.3 Å². The molecule has 4 rings (SSSR count). The summed E-state index contributed by atoms with van der Waals surface area (Å²) in [6, 6.07) is 0. The van der Waals surface area contributed by atoms with E-state index in [1.54, 1.807) is 0 Å². The van der Waals surface area contributed by atoms with Crippen molar-refractivity contribution >= 4 is 24.9 Å². The van der Waals surface area contributed by atoms with Crippen LogP contribution < -0.4 is 11.3 Å². The lowest BCUT2D eigenvalue weighted by atomic mass is 9.98. The number of halogens is 1. The first kappa shape index (κ1) is 19.5. The van der Waals surface area contributed by atoms with Gasteiger partial charge in [0.1, 0.15) is 12.2 Å². The molecule has 0 bridgehead atoms. The summed E-state index contributed by atoms with van der Waals surface area (Å²) in [5.74, 6) is -0.136. The second-order valence-corrected chi connectivity index (χ2v) is 8.53. The van der Waals surface area contributed by atoms with Gasteiger partial charge < -0.3 is 10.5 Å². The molecule has 1 unspecified atom stereocenters. The molecule has 0 saturated carbocycles. The van der Waals surface area contributed by atoms with Crippen molar-refractivity contribution in [1.82, 2.24) is 19.5 Å². The van der Waals surface area contributed by atoms with E-state index in [2.05, 4.69) is 15.0 Å². The maximum Gasteiger partial charge on any atom is 0.475 e. The first-order valence-corrected chi connectivity index (χ1v) is 10.4. The first-order valence-electron chi connectivity index (χ1n) is 8.89. The molecule has 11 nitrogen and oxygen atoms in total. The number of alkyl halides is 1. The van der Waals surface area contributed by atoms with Crippen molar-refractivity contribution in [3.63, 3.8) is 0 Å². The fourth-order valence-corrected chi connectivity index (χ4v) is 4.84. The monoisotopic (exact) mass is 417 g/mol. The number of unbranched alkanes of at least 4 members (excludes halogenated alkanes) is 1. The lowest BCUT2D eigenvalue weighted by Crippen LogP contribution is -2.44. The topological polar surface area (TPSA) is 144 Å². The number of imidazole rings is 1. The number of fused-ring (bicyclic) bond motifs is 2. The van der Waals surface area contributed by atoms with Crippen LogP contribution in [0.2, 0.25) is 0 Å². The SMILES string of the molecule is CCCCOP1(=O)OC[C@H]2O[C@@H](n3cnc4c(=O)[nH]c(N)nc43)[C@](C)(F)[C@@H]2O1. The van der Waals surface area contributed by atoms with Crippen LogP contribution in [0, 0.1) is 0 Å². The normalized spacial score (nSPS) is 35.3. The van der Waals surface area contributed by atoms with Gasteiger partial charge in [-0.25, -0.2) is 13.9 Å². The Hall–Kier alpha value is -1.85. The number of nitrogens with zero attached hydrogens (tertiary/aromatic N) is 3. The Kier molecular flexibility index (Phi) is 4.79. The Labute approximate surface area is 158 Å². The Bertz CT molecular complexity index is 993. The quantitative estimate of drug-likeness (QED) is 0.548. The van der Waals surface area contributed by atoms with Crippen LogP contribution in [0.15, 0.2) is 11.1 Å². The van der Waals surface area contributed by atoms with Gasteiger partial charge in [-0.2, -0.15) is 4.98 Å². The summed E-state index contributed by atoms with van der Waals surface area (Å²) in [6.07, 6.45) is -0.527. The highest BCUT2D eigenvalue weighted by molar-refractivity contribution is 7.48. The van der Waals surface area contributed by atoms with Gasteiger partial charge >= 0.3 is 7.82 Å². The van der Waals surface area contributed by atoms with Crippen LogP contribution >= 0.6 is 7.82 Å². The van der Waals surface area contributed by atoms with Gasteiger partial charge in [0.05, 0.1) is 19.5 Å². The van der Waals surface area contributed by atoms with E-state index in [1.807, 2.05) is 6.92 Å². The highest BCUT2D eigenvalue weighted by Crippen LogP contribution is 2.59. The number of nitrogen functional groups attached to an aromatic ring is 1. The van der Waals surface area contributed by atoms with Crippen LogP contribution in [0.5, 0.6) is 0 Å². The predicted octanol–water partition coefficient (Wildman–Crippen LogP) is 1.67. The fourth-order valence-electron chi connectivity index (χ4n) is 3.35. The second kappa shape index (κ2) is 6.89. The van der Waals surface area contributed by atoms with Gasteiger partial charge in [-0.05, 0) is 13.3 Å². The van der Waals surface area contributed by atoms with E-state index in [0.717, 1.165) is 6.42 Å². The minimum Gasteiger partial charge on any atom is -0.369 e. The Morgan fingerprint density at radius 2 is 2.36 bits per heavy atom. The molecular weight excluding hydrogens is 396 g/mol. The average Bonchev–Trinajstić information content (AvgIpc) is 3.14. The number of hydrogen-bond acceptors (Lipinski definition) is 9. The summed E-state index contributed by atoms with van der Waals surface area (Å²) in [5, 5.41) is 0. The summed E-state index contributed by atoms with van der Waals surface area (Å²) in [5.41, 5.74) is 2.97. The molecule has 28 heavy (non-hydrogen) atoms. The largest absolute Gasteiger partial charge is 0.475 e. The maximum absolute atomic E-state index is 15.8. The third-order valence-corrected chi connectivity index (χ3v) is 6.22. The zero-order valence-electron chi connectivity index (χ0n) is 15.3. The van der Waals surface area contributed by atoms with Crippen LogP contribution in [-0.4, -0.2) is 50.6 Å². The number of phosphoric acid groups is 1. The molecule has 2 aromatic rings. The smallest absolute Gasteiger partial charge is 0.369 e. The maximum atomic E-state index is 15.8. The van der Waals surface area contributed by atoms with Gasteiger partial charge in [0, 0.05) is 0 Å². The summed E-state index contributed by atoms with van der Waals surface area (Å²) in [6.45, 7) is 3.23. The number of anilines is 1. The minimum absolute atomic E-state index is 0.00536. The van der Waals surface area contributed by atoms with E-state index >= 15 is 4.39 Å². The number of nitrogens with one attached hydrogen (secondary N) is 1. The van der Waals surface area contributed by atoms with Crippen LogP contribution in [0.1, 0.15) is 32.9 Å². The van der Waals surface area contributed by atoms with Crippen molar-refractivity contribution in [3.8, 4) is 0 Å². The third-order valence-electron chi connectivity index (χ3n) is 4.77. The number of ether oxygens (including phenoxy) is 1. The molecule has 0 aromatic carbocycles. The minimum atomic E-state index is -3.90. The summed E-state index contributed by atoms with van der Waals surface area (Å²) < 4.78 is 51.3. The Morgan fingerprint density at radius 1 is 1.57 bits per heavy atom. The number of aromatic nitrogens is 4. The average molecular weight is 417 g/mol. The highest BCUT2D eigenvalue weighted by Gasteiger charge is 2.61. The molecule has 4 heterocycles. The molecule has 0 amide bonds. The molecule has 2 aliphatic heterocycles. The molecule has 2 aromatic heterocycles. The van der Waals surface area contributed by atoms with Gasteiger partial charge in [0.15, 0.2) is 23.1 Å². The summed E-state index contributed by atoms with van der Waals surface area (Å²) in [4.78, 5) is 22.3. The standard InChI is InChI=1S/C15H21FN5O6P/c1-3-4-5-24-28(23)25-6-8-10(27-28)15(2,16)13(26-8)21-7-18-9-11(21)19-14(17)20-12(9)22/h7-8,10,13H,3-6H2,1-2H3,(H3,17,19,20,22)/t8-,10-,13-,15-,28?/m1/s1. The van der Waals surface area contributed by atoms with Gasteiger partial charge in [0.25, 0.3) is 5.56 Å². The number of rotatable bonds is 5. The first-order chi connectivity index (χ1) is 13.2.